The van der Waals surface area contributed by atoms with Gasteiger partial charge in [0.05, 0.1) is 15.7 Å². The van der Waals surface area contributed by atoms with Crippen LogP contribution in [0.3, 0.4) is 0 Å². The summed E-state index contributed by atoms with van der Waals surface area (Å²) in [7, 11) is 0. The molecule has 2 N–H and O–H groups in total. The summed E-state index contributed by atoms with van der Waals surface area (Å²) in [5, 5.41) is 13.0. The van der Waals surface area contributed by atoms with Crippen LogP contribution in [0, 0.1) is 0 Å². The maximum Gasteiger partial charge on any atom is 0.265 e. The molecule has 0 aliphatic carbocycles. The van der Waals surface area contributed by atoms with E-state index in [2.05, 4.69) is 5.32 Å². The number of carbonyl (C=O) groups excluding carboxylic acids is 1. The fourth-order valence-electron chi connectivity index (χ4n) is 2.15. The predicted molar refractivity (Wildman–Crippen MR) is 81.3 cm³/mol. The minimum Gasteiger partial charge on any atom is -0.508 e. The molecule has 4 nitrogen and oxygen atoms in total. The molecule has 0 bridgehead atoms. The van der Waals surface area contributed by atoms with Crippen LogP contribution in [0.2, 0.25) is 10.0 Å². The molecular formula is C15H11Cl2NO3. The summed E-state index contributed by atoms with van der Waals surface area (Å²) in [4.78, 5) is 12.0. The zero-order valence-electron chi connectivity index (χ0n) is 10.8. The fourth-order valence-corrected chi connectivity index (χ4v) is 2.47. The molecule has 21 heavy (non-hydrogen) atoms. The van der Waals surface area contributed by atoms with Crippen molar-refractivity contribution in [3.8, 4) is 11.5 Å². The van der Waals surface area contributed by atoms with Crippen LogP contribution in [0.4, 0.5) is 5.69 Å². The van der Waals surface area contributed by atoms with Crippen molar-refractivity contribution in [1.29, 1.82) is 0 Å². The van der Waals surface area contributed by atoms with E-state index in [1.54, 1.807) is 24.3 Å². The lowest BCUT2D eigenvalue weighted by atomic mass is 10.1. The van der Waals surface area contributed by atoms with E-state index in [-0.39, 0.29) is 11.7 Å². The first-order valence-corrected chi connectivity index (χ1v) is 7.03. The second-order valence-electron chi connectivity index (χ2n) is 4.73. The standard InChI is InChI=1S/C15H11Cl2NO3/c16-10-3-1-8(5-11(10)17)6-14-15(20)18-12-7-9(19)2-4-13(12)21-14/h1-5,7,14,19H,6H2,(H,18,20). The molecular weight excluding hydrogens is 313 g/mol. The largest absolute Gasteiger partial charge is 0.508 e. The van der Waals surface area contributed by atoms with Gasteiger partial charge in [-0.05, 0) is 29.8 Å². The lowest BCUT2D eigenvalue weighted by molar-refractivity contribution is -0.123. The molecule has 2 aromatic carbocycles. The summed E-state index contributed by atoms with van der Waals surface area (Å²) in [5.41, 5.74) is 1.32. The van der Waals surface area contributed by atoms with Crippen LogP contribution in [0.25, 0.3) is 0 Å². The quantitative estimate of drug-likeness (QED) is 0.887. The van der Waals surface area contributed by atoms with Gasteiger partial charge in [-0.25, -0.2) is 0 Å². The van der Waals surface area contributed by atoms with Gasteiger partial charge in [0, 0.05) is 12.5 Å². The van der Waals surface area contributed by atoms with Gasteiger partial charge in [0.1, 0.15) is 11.5 Å². The van der Waals surface area contributed by atoms with Crippen molar-refractivity contribution < 1.29 is 14.6 Å². The average Bonchev–Trinajstić information content (AvgIpc) is 2.44. The Kier molecular flexibility index (Phi) is 3.66. The number of aromatic hydroxyl groups is 1. The molecule has 0 fully saturated rings. The van der Waals surface area contributed by atoms with Gasteiger partial charge in [-0.3, -0.25) is 4.79 Å². The van der Waals surface area contributed by atoms with E-state index >= 15 is 0 Å². The summed E-state index contributed by atoms with van der Waals surface area (Å²) in [6.07, 6.45) is -0.275. The zero-order valence-corrected chi connectivity index (χ0v) is 12.3. The third-order valence-electron chi connectivity index (χ3n) is 3.19. The highest BCUT2D eigenvalue weighted by Gasteiger charge is 2.28. The molecule has 0 saturated carbocycles. The number of carbonyl (C=O) groups is 1. The summed E-state index contributed by atoms with van der Waals surface area (Å²) < 4.78 is 5.67. The molecule has 1 heterocycles. The van der Waals surface area contributed by atoms with E-state index in [9.17, 15) is 9.90 Å². The number of ether oxygens (including phenoxy) is 1. The van der Waals surface area contributed by atoms with E-state index in [1.165, 1.54) is 12.1 Å². The van der Waals surface area contributed by atoms with E-state index in [0.717, 1.165) is 5.56 Å². The molecule has 1 unspecified atom stereocenters. The van der Waals surface area contributed by atoms with Gasteiger partial charge >= 0.3 is 0 Å². The lowest BCUT2D eigenvalue weighted by Crippen LogP contribution is -2.38. The van der Waals surface area contributed by atoms with E-state index in [4.69, 9.17) is 27.9 Å². The van der Waals surface area contributed by atoms with Gasteiger partial charge in [0.25, 0.3) is 5.91 Å². The van der Waals surface area contributed by atoms with Crippen LogP contribution in [0.5, 0.6) is 11.5 Å². The van der Waals surface area contributed by atoms with Crippen LogP contribution in [0.1, 0.15) is 5.56 Å². The monoisotopic (exact) mass is 323 g/mol. The number of amides is 1. The average molecular weight is 324 g/mol. The van der Waals surface area contributed by atoms with E-state index < -0.39 is 6.10 Å². The molecule has 0 spiro atoms. The Bertz CT molecular complexity index is 718. The van der Waals surface area contributed by atoms with Gasteiger partial charge < -0.3 is 15.2 Å². The van der Waals surface area contributed by atoms with Crippen molar-refractivity contribution >= 4 is 34.8 Å². The number of rotatable bonds is 2. The summed E-state index contributed by atoms with van der Waals surface area (Å²) >= 11 is 11.8. The van der Waals surface area contributed by atoms with Crippen LogP contribution in [-0.2, 0) is 11.2 Å². The topological polar surface area (TPSA) is 58.6 Å². The van der Waals surface area contributed by atoms with Gasteiger partial charge in [-0.2, -0.15) is 0 Å². The van der Waals surface area contributed by atoms with Gasteiger partial charge in [0.2, 0.25) is 0 Å². The Morgan fingerprint density at radius 1 is 1.14 bits per heavy atom. The zero-order chi connectivity index (χ0) is 15.0. The Morgan fingerprint density at radius 3 is 2.71 bits per heavy atom. The maximum absolute atomic E-state index is 12.0. The van der Waals surface area contributed by atoms with Gasteiger partial charge in [0.15, 0.2) is 6.10 Å². The van der Waals surface area contributed by atoms with Crippen molar-refractivity contribution in [2.24, 2.45) is 0 Å². The molecule has 2 aromatic rings. The minimum atomic E-state index is -0.653. The molecule has 3 rings (SSSR count). The van der Waals surface area contributed by atoms with Gasteiger partial charge in [-0.1, -0.05) is 29.3 Å². The molecule has 0 aromatic heterocycles. The molecule has 1 aliphatic heterocycles. The second kappa shape index (κ2) is 5.47. The lowest BCUT2D eigenvalue weighted by Gasteiger charge is -2.26. The number of hydrogen-bond acceptors (Lipinski definition) is 3. The Balaban J connectivity index is 1.82. The van der Waals surface area contributed by atoms with Crippen molar-refractivity contribution in [2.45, 2.75) is 12.5 Å². The Labute approximate surface area is 131 Å². The SMILES string of the molecule is O=C1Nc2cc(O)ccc2OC1Cc1ccc(Cl)c(Cl)c1. The Hall–Kier alpha value is -1.91. The van der Waals surface area contributed by atoms with Gasteiger partial charge in [-0.15, -0.1) is 0 Å². The van der Waals surface area contributed by atoms with Crippen molar-refractivity contribution in [2.75, 3.05) is 5.32 Å². The summed E-state index contributed by atoms with van der Waals surface area (Å²) in [6.45, 7) is 0. The number of benzene rings is 2. The number of halogens is 2. The molecule has 1 amide bonds. The number of phenolic OH excluding ortho intramolecular Hbond substituents is 1. The van der Waals surface area contributed by atoms with Crippen LogP contribution < -0.4 is 10.1 Å². The summed E-state index contributed by atoms with van der Waals surface area (Å²) in [5.74, 6) is 0.331. The third-order valence-corrected chi connectivity index (χ3v) is 3.93. The highest BCUT2D eigenvalue weighted by Crippen LogP contribution is 2.33. The summed E-state index contributed by atoms with van der Waals surface area (Å²) in [6, 6.07) is 9.77. The first-order valence-electron chi connectivity index (χ1n) is 6.27. The number of fused-ring (bicyclic) bond motifs is 1. The third kappa shape index (κ3) is 2.91. The fraction of sp³-hybridized carbons (Fsp3) is 0.133. The molecule has 1 atom stereocenters. The number of anilines is 1. The first kappa shape index (κ1) is 14.0. The van der Waals surface area contributed by atoms with Crippen molar-refractivity contribution in [1.82, 2.24) is 0 Å². The van der Waals surface area contributed by atoms with Crippen LogP contribution in [0.15, 0.2) is 36.4 Å². The number of phenols is 1. The highest BCUT2D eigenvalue weighted by atomic mass is 35.5. The highest BCUT2D eigenvalue weighted by molar-refractivity contribution is 6.42. The molecule has 0 radical (unpaired) electrons. The van der Waals surface area contributed by atoms with Crippen molar-refractivity contribution in [3.05, 3.63) is 52.0 Å². The predicted octanol–water partition coefficient (Wildman–Crippen LogP) is 3.64. The van der Waals surface area contributed by atoms with Crippen molar-refractivity contribution in [3.63, 3.8) is 0 Å². The first-order chi connectivity index (χ1) is 10.0. The van der Waals surface area contributed by atoms with Crippen LogP contribution >= 0.6 is 23.2 Å². The normalized spacial score (nSPS) is 16.9. The molecule has 0 saturated heterocycles. The molecule has 6 heteroatoms. The molecule has 108 valence electrons. The van der Waals surface area contributed by atoms with E-state index in [1.807, 2.05) is 0 Å². The van der Waals surface area contributed by atoms with E-state index in [0.29, 0.717) is 27.9 Å². The number of hydrogen-bond donors (Lipinski definition) is 2. The Morgan fingerprint density at radius 2 is 1.95 bits per heavy atom. The minimum absolute atomic E-state index is 0.0700. The maximum atomic E-state index is 12.0. The number of nitrogens with one attached hydrogen (secondary N) is 1. The van der Waals surface area contributed by atoms with Crippen LogP contribution in [-0.4, -0.2) is 17.1 Å². The molecule has 1 aliphatic rings. The second-order valence-corrected chi connectivity index (χ2v) is 5.54. The smallest absolute Gasteiger partial charge is 0.265 e.